The molecule has 0 fully saturated rings. The number of fused-ring (bicyclic) bond motifs is 1. The number of aryl methyl sites for hydroxylation is 2. The van der Waals surface area contributed by atoms with E-state index in [1.807, 2.05) is 0 Å². The Morgan fingerprint density at radius 3 is 2.65 bits per heavy atom. The number of alkyl halides is 3. The highest BCUT2D eigenvalue weighted by Crippen LogP contribution is 2.30. The highest BCUT2D eigenvalue weighted by molar-refractivity contribution is 6.03. The van der Waals surface area contributed by atoms with E-state index < -0.39 is 17.6 Å². The first kappa shape index (κ1) is 15.1. The van der Waals surface area contributed by atoms with Gasteiger partial charge in [-0.3, -0.25) is 9.20 Å². The summed E-state index contributed by atoms with van der Waals surface area (Å²) in [6.45, 7) is 3.20. The molecule has 9 heteroatoms. The first-order chi connectivity index (χ1) is 10.8. The zero-order valence-corrected chi connectivity index (χ0v) is 12.1. The van der Waals surface area contributed by atoms with Crippen LogP contribution in [0.3, 0.4) is 0 Å². The summed E-state index contributed by atoms with van der Waals surface area (Å²) in [7, 11) is 0. The molecule has 23 heavy (non-hydrogen) atoms. The minimum atomic E-state index is -4.51. The van der Waals surface area contributed by atoms with Crippen LogP contribution in [0.1, 0.15) is 27.5 Å². The molecule has 0 spiro atoms. The summed E-state index contributed by atoms with van der Waals surface area (Å²) in [6.07, 6.45) is -3.67. The molecule has 3 heterocycles. The minimum Gasteiger partial charge on any atom is -0.360 e. The summed E-state index contributed by atoms with van der Waals surface area (Å²) < 4.78 is 44.5. The van der Waals surface area contributed by atoms with Gasteiger partial charge in [-0.1, -0.05) is 5.16 Å². The molecule has 3 rings (SSSR count). The lowest BCUT2D eigenvalue weighted by Gasteiger charge is -2.08. The smallest absolute Gasteiger partial charge is 0.360 e. The number of nitrogens with zero attached hydrogens (tertiary/aromatic N) is 3. The van der Waals surface area contributed by atoms with Crippen LogP contribution in [0, 0.1) is 13.8 Å². The molecular weight excluding hydrogens is 313 g/mol. The van der Waals surface area contributed by atoms with Crippen molar-refractivity contribution in [1.82, 2.24) is 14.5 Å². The normalized spacial score (nSPS) is 11.9. The number of amides is 1. The lowest BCUT2D eigenvalue weighted by molar-refractivity contribution is -0.137. The number of halogens is 3. The maximum absolute atomic E-state index is 12.8. The van der Waals surface area contributed by atoms with Gasteiger partial charge in [0.05, 0.1) is 11.3 Å². The summed E-state index contributed by atoms with van der Waals surface area (Å²) in [6, 6.07) is 3.63. The fourth-order valence-corrected chi connectivity index (χ4v) is 2.20. The standard InChI is InChI=1S/C14H11F3N4O2/c1-7-5-10(20-23-7)19-13(22)12-8(2)18-11-4-3-9(6-21(11)12)14(15,16)17/h3-6H,1-2H3,(H,19,20,22). The Morgan fingerprint density at radius 2 is 2.04 bits per heavy atom. The van der Waals surface area contributed by atoms with E-state index in [1.54, 1.807) is 13.8 Å². The van der Waals surface area contributed by atoms with E-state index >= 15 is 0 Å². The van der Waals surface area contributed by atoms with Gasteiger partial charge in [0.2, 0.25) is 0 Å². The van der Waals surface area contributed by atoms with Crippen LogP contribution in [-0.2, 0) is 6.18 Å². The average Bonchev–Trinajstić information content (AvgIpc) is 2.99. The molecule has 0 unspecified atom stereocenters. The monoisotopic (exact) mass is 324 g/mol. The average molecular weight is 324 g/mol. The highest BCUT2D eigenvalue weighted by atomic mass is 19.4. The summed E-state index contributed by atoms with van der Waals surface area (Å²) in [5.41, 5.74) is -0.306. The highest BCUT2D eigenvalue weighted by Gasteiger charge is 2.31. The summed E-state index contributed by atoms with van der Waals surface area (Å²) in [4.78, 5) is 16.4. The van der Waals surface area contributed by atoms with Crippen LogP contribution < -0.4 is 5.32 Å². The topological polar surface area (TPSA) is 72.4 Å². The number of carbonyl (C=O) groups is 1. The Labute approximate surface area is 127 Å². The van der Waals surface area contributed by atoms with E-state index in [0.29, 0.717) is 11.5 Å². The first-order valence-electron chi connectivity index (χ1n) is 6.56. The molecule has 0 bridgehead atoms. The zero-order valence-electron chi connectivity index (χ0n) is 12.1. The molecule has 120 valence electrons. The van der Waals surface area contributed by atoms with Crippen molar-refractivity contribution in [2.45, 2.75) is 20.0 Å². The minimum absolute atomic E-state index is 0.00625. The lowest BCUT2D eigenvalue weighted by atomic mass is 10.2. The Hall–Kier alpha value is -2.84. The van der Waals surface area contributed by atoms with E-state index in [-0.39, 0.29) is 17.2 Å². The van der Waals surface area contributed by atoms with Gasteiger partial charge in [0.15, 0.2) is 5.82 Å². The van der Waals surface area contributed by atoms with Gasteiger partial charge < -0.3 is 9.84 Å². The van der Waals surface area contributed by atoms with Crippen LogP contribution in [0.25, 0.3) is 5.65 Å². The fourth-order valence-electron chi connectivity index (χ4n) is 2.20. The number of nitrogens with one attached hydrogen (secondary N) is 1. The van der Waals surface area contributed by atoms with Crippen molar-refractivity contribution in [2.24, 2.45) is 0 Å². The number of hydrogen-bond acceptors (Lipinski definition) is 4. The SMILES string of the molecule is Cc1cc(NC(=O)c2c(C)nc3ccc(C(F)(F)F)cn23)no1. The predicted octanol–water partition coefficient (Wildman–Crippen LogP) is 3.21. The number of rotatable bonds is 2. The van der Waals surface area contributed by atoms with Crippen molar-refractivity contribution in [2.75, 3.05) is 5.32 Å². The Bertz CT molecular complexity index is 895. The van der Waals surface area contributed by atoms with Crippen molar-refractivity contribution in [1.29, 1.82) is 0 Å². The molecule has 6 nitrogen and oxygen atoms in total. The molecule has 3 aromatic rings. The van der Waals surface area contributed by atoms with Gasteiger partial charge in [0.1, 0.15) is 17.1 Å². The van der Waals surface area contributed by atoms with E-state index in [0.717, 1.165) is 16.7 Å². The Balaban J connectivity index is 2.05. The third kappa shape index (κ3) is 2.77. The number of imidazole rings is 1. The molecule has 0 aliphatic rings. The second kappa shape index (κ2) is 5.11. The molecular formula is C14H11F3N4O2. The van der Waals surface area contributed by atoms with Crippen LogP contribution in [0.2, 0.25) is 0 Å². The molecule has 0 saturated heterocycles. The number of aromatic nitrogens is 3. The number of carbonyl (C=O) groups excluding carboxylic acids is 1. The lowest BCUT2D eigenvalue weighted by Crippen LogP contribution is -2.16. The summed E-state index contributed by atoms with van der Waals surface area (Å²) >= 11 is 0. The Morgan fingerprint density at radius 1 is 1.30 bits per heavy atom. The van der Waals surface area contributed by atoms with Gasteiger partial charge in [-0.25, -0.2) is 4.98 Å². The third-order valence-corrected chi connectivity index (χ3v) is 3.20. The van der Waals surface area contributed by atoms with Gasteiger partial charge in [-0.15, -0.1) is 0 Å². The fraction of sp³-hybridized carbons (Fsp3) is 0.214. The first-order valence-corrected chi connectivity index (χ1v) is 6.56. The van der Waals surface area contributed by atoms with Crippen LogP contribution >= 0.6 is 0 Å². The maximum Gasteiger partial charge on any atom is 0.417 e. The molecule has 1 N–H and O–H groups in total. The summed E-state index contributed by atoms with van der Waals surface area (Å²) in [5.74, 6) is 0.0472. The Kier molecular flexibility index (Phi) is 3.35. The molecule has 0 saturated carbocycles. The van der Waals surface area contributed by atoms with Gasteiger partial charge in [0, 0.05) is 12.3 Å². The second-order valence-electron chi connectivity index (χ2n) is 4.97. The van der Waals surface area contributed by atoms with Crippen LogP contribution in [0.5, 0.6) is 0 Å². The molecule has 0 aromatic carbocycles. The van der Waals surface area contributed by atoms with Crippen molar-refractivity contribution < 1.29 is 22.5 Å². The van der Waals surface area contributed by atoms with Crippen molar-refractivity contribution in [3.05, 3.63) is 47.1 Å². The molecule has 0 aliphatic heterocycles. The molecule has 3 aromatic heterocycles. The maximum atomic E-state index is 12.8. The predicted molar refractivity (Wildman–Crippen MR) is 74.1 cm³/mol. The largest absolute Gasteiger partial charge is 0.417 e. The van der Waals surface area contributed by atoms with Crippen LogP contribution in [0.4, 0.5) is 19.0 Å². The van der Waals surface area contributed by atoms with Gasteiger partial charge in [-0.2, -0.15) is 13.2 Å². The van der Waals surface area contributed by atoms with E-state index in [2.05, 4.69) is 15.5 Å². The van der Waals surface area contributed by atoms with Crippen molar-refractivity contribution >= 4 is 17.4 Å². The van der Waals surface area contributed by atoms with Gasteiger partial charge >= 0.3 is 6.18 Å². The van der Waals surface area contributed by atoms with Gasteiger partial charge in [-0.05, 0) is 26.0 Å². The quantitative estimate of drug-likeness (QED) is 0.785. The van der Waals surface area contributed by atoms with E-state index in [4.69, 9.17) is 4.52 Å². The van der Waals surface area contributed by atoms with Crippen molar-refractivity contribution in [3.8, 4) is 0 Å². The number of hydrogen-bond donors (Lipinski definition) is 1. The number of pyridine rings is 1. The van der Waals surface area contributed by atoms with E-state index in [9.17, 15) is 18.0 Å². The molecule has 0 radical (unpaired) electrons. The van der Waals surface area contributed by atoms with E-state index in [1.165, 1.54) is 12.1 Å². The molecule has 0 aliphatic carbocycles. The van der Waals surface area contributed by atoms with Crippen LogP contribution in [0.15, 0.2) is 28.9 Å². The van der Waals surface area contributed by atoms with Crippen molar-refractivity contribution in [3.63, 3.8) is 0 Å². The molecule has 0 atom stereocenters. The molecule has 1 amide bonds. The second-order valence-corrected chi connectivity index (χ2v) is 4.97. The third-order valence-electron chi connectivity index (χ3n) is 3.20. The number of anilines is 1. The van der Waals surface area contributed by atoms with Gasteiger partial charge in [0.25, 0.3) is 5.91 Å². The van der Waals surface area contributed by atoms with Crippen LogP contribution in [-0.4, -0.2) is 20.4 Å². The zero-order chi connectivity index (χ0) is 16.8. The summed E-state index contributed by atoms with van der Waals surface area (Å²) in [5, 5.41) is 6.09.